The van der Waals surface area contributed by atoms with Crippen LogP contribution in [0.25, 0.3) is 0 Å². The van der Waals surface area contributed by atoms with Crippen molar-refractivity contribution in [3.8, 4) is 0 Å². The maximum Gasteiger partial charge on any atom is 0.354 e. The minimum absolute atomic E-state index is 0.0520. The number of Topliss-reactive ketones (excluding diaryl/α,β-unsaturated/α-hetero) is 1. The molecular weight excluding hydrogens is 246 g/mol. The Morgan fingerprint density at radius 3 is 2.74 bits per heavy atom. The van der Waals surface area contributed by atoms with Crippen molar-refractivity contribution in [2.24, 2.45) is 0 Å². The molecule has 1 aromatic carbocycles. The molecule has 0 amide bonds. The monoisotopic (exact) mass is 257 g/mol. The first-order valence-corrected chi connectivity index (χ1v) is 5.50. The van der Waals surface area contributed by atoms with Crippen molar-refractivity contribution in [1.29, 1.82) is 0 Å². The molecule has 2 aromatic rings. The fraction of sp³-hybridized carbons (Fsp3) is 0.0769. The highest BCUT2D eigenvalue weighted by atomic mass is 16.4. The summed E-state index contributed by atoms with van der Waals surface area (Å²) >= 11 is 0. The molecule has 2 N–H and O–H groups in total. The largest absolute Gasteiger partial charge is 0.477 e. The number of nitrogens with one attached hydrogen (secondary N) is 1. The third kappa shape index (κ3) is 3.12. The molecule has 2 rings (SSSR count). The van der Waals surface area contributed by atoms with E-state index in [-0.39, 0.29) is 17.4 Å². The van der Waals surface area contributed by atoms with Crippen LogP contribution in [-0.2, 0) is 0 Å². The Kier molecular flexibility index (Phi) is 3.51. The van der Waals surface area contributed by atoms with Crippen LogP contribution >= 0.6 is 0 Å². The molecule has 6 heteroatoms. The summed E-state index contributed by atoms with van der Waals surface area (Å²) in [4.78, 5) is 29.8. The number of aromatic nitrogens is 2. The average molecular weight is 257 g/mol. The van der Waals surface area contributed by atoms with Gasteiger partial charge in [-0.15, -0.1) is 0 Å². The van der Waals surface area contributed by atoms with Crippen LogP contribution in [0.4, 0.5) is 11.6 Å². The van der Waals surface area contributed by atoms with Gasteiger partial charge in [-0.25, -0.2) is 14.8 Å². The maximum atomic E-state index is 11.3. The van der Waals surface area contributed by atoms with Gasteiger partial charge in [-0.05, 0) is 25.1 Å². The van der Waals surface area contributed by atoms with Crippen LogP contribution in [0, 0.1) is 0 Å². The van der Waals surface area contributed by atoms with Crippen molar-refractivity contribution < 1.29 is 14.7 Å². The number of benzene rings is 1. The molecule has 6 nitrogen and oxygen atoms in total. The number of nitrogens with zero attached hydrogens (tertiary/aromatic N) is 2. The molecule has 0 saturated carbocycles. The highest BCUT2D eigenvalue weighted by Gasteiger charge is 2.07. The Hall–Kier alpha value is -2.76. The van der Waals surface area contributed by atoms with Gasteiger partial charge in [0.1, 0.15) is 0 Å². The molecule has 1 aromatic heterocycles. The first-order valence-electron chi connectivity index (χ1n) is 5.50. The lowest BCUT2D eigenvalue weighted by Crippen LogP contribution is -2.05. The summed E-state index contributed by atoms with van der Waals surface area (Å²) in [5.74, 6) is -1.01. The van der Waals surface area contributed by atoms with E-state index in [2.05, 4.69) is 15.3 Å². The zero-order valence-electron chi connectivity index (χ0n) is 10.1. The van der Waals surface area contributed by atoms with Gasteiger partial charge < -0.3 is 10.4 Å². The number of carbonyl (C=O) groups is 2. The third-order valence-electron chi connectivity index (χ3n) is 2.40. The van der Waals surface area contributed by atoms with Crippen LogP contribution in [0.2, 0.25) is 0 Å². The molecule has 96 valence electrons. The van der Waals surface area contributed by atoms with E-state index in [4.69, 9.17) is 5.11 Å². The van der Waals surface area contributed by atoms with E-state index in [0.717, 1.165) is 0 Å². The Morgan fingerprint density at radius 1 is 1.26 bits per heavy atom. The number of ketones is 1. The molecule has 0 unspecified atom stereocenters. The lowest BCUT2D eigenvalue weighted by Gasteiger charge is -2.06. The number of carboxylic acid groups (broad SMARTS) is 1. The van der Waals surface area contributed by atoms with Gasteiger partial charge in [0.25, 0.3) is 0 Å². The van der Waals surface area contributed by atoms with Gasteiger partial charge in [0.15, 0.2) is 11.5 Å². The van der Waals surface area contributed by atoms with E-state index in [9.17, 15) is 9.59 Å². The Balaban J connectivity index is 2.26. The summed E-state index contributed by atoms with van der Waals surface area (Å²) in [7, 11) is 0. The van der Waals surface area contributed by atoms with Crippen LogP contribution in [0.1, 0.15) is 27.8 Å². The van der Waals surface area contributed by atoms with Crippen molar-refractivity contribution in [2.75, 3.05) is 5.32 Å². The number of aromatic carboxylic acids is 1. The Morgan fingerprint density at radius 2 is 2.05 bits per heavy atom. The number of hydrogen-bond acceptors (Lipinski definition) is 5. The van der Waals surface area contributed by atoms with Gasteiger partial charge in [-0.3, -0.25) is 4.79 Å². The van der Waals surface area contributed by atoms with Crippen molar-refractivity contribution in [3.05, 3.63) is 47.8 Å². The molecular formula is C13H11N3O3. The first kappa shape index (κ1) is 12.7. The minimum Gasteiger partial charge on any atom is -0.477 e. The normalized spacial score (nSPS) is 9.95. The molecule has 0 aliphatic carbocycles. The highest BCUT2D eigenvalue weighted by Crippen LogP contribution is 2.15. The van der Waals surface area contributed by atoms with Crippen LogP contribution in [0.3, 0.4) is 0 Å². The molecule has 0 aliphatic heterocycles. The molecule has 0 aliphatic rings. The van der Waals surface area contributed by atoms with Gasteiger partial charge in [-0.1, -0.05) is 12.1 Å². The van der Waals surface area contributed by atoms with Crippen molar-refractivity contribution in [1.82, 2.24) is 9.97 Å². The van der Waals surface area contributed by atoms with Crippen molar-refractivity contribution >= 4 is 23.4 Å². The second-order valence-electron chi connectivity index (χ2n) is 3.83. The van der Waals surface area contributed by atoms with Gasteiger partial charge >= 0.3 is 5.97 Å². The second-order valence-corrected chi connectivity index (χ2v) is 3.83. The van der Waals surface area contributed by atoms with Crippen LogP contribution in [0.5, 0.6) is 0 Å². The molecule has 0 atom stereocenters. The average Bonchev–Trinajstić information content (AvgIpc) is 2.39. The van der Waals surface area contributed by atoms with Gasteiger partial charge in [0, 0.05) is 17.4 Å². The van der Waals surface area contributed by atoms with Crippen LogP contribution in [0.15, 0.2) is 36.5 Å². The summed E-state index contributed by atoms with van der Waals surface area (Å²) in [6.45, 7) is 1.47. The SMILES string of the molecule is CC(=O)c1cccc(Nc2nccc(C(=O)O)n2)c1. The van der Waals surface area contributed by atoms with Gasteiger partial charge in [0.05, 0.1) is 0 Å². The number of anilines is 2. The van der Waals surface area contributed by atoms with E-state index in [1.807, 2.05) is 0 Å². The fourth-order valence-corrected chi connectivity index (χ4v) is 1.48. The van der Waals surface area contributed by atoms with E-state index in [1.165, 1.54) is 19.2 Å². The number of rotatable bonds is 4. The smallest absolute Gasteiger partial charge is 0.354 e. The summed E-state index contributed by atoms with van der Waals surface area (Å²) < 4.78 is 0. The number of hydrogen-bond donors (Lipinski definition) is 2. The van der Waals surface area contributed by atoms with E-state index >= 15 is 0 Å². The predicted octanol–water partition coefficient (Wildman–Crippen LogP) is 2.12. The molecule has 0 spiro atoms. The fourth-order valence-electron chi connectivity index (χ4n) is 1.48. The summed E-state index contributed by atoms with van der Waals surface area (Å²) in [5, 5.41) is 11.7. The zero-order chi connectivity index (χ0) is 13.8. The summed E-state index contributed by atoms with van der Waals surface area (Å²) in [6, 6.07) is 8.12. The van der Waals surface area contributed by atoms with Crippen LogP contribution < -0.4 is 5.32 Å². The van der Waals surface area contributed by atoms with E-state index in [0.29, 0.717) is 11.3 Å². The minimum atomic E-state index is -1.12. The van der Waals surface area contributed by atoms with Crippen molar-refractivity contribution in [2.45, 2.75) is 6.92 Å². The molecule has 0 bridgehead atoms. The standard InChI is InChI=1S/C13H11N3O3/c1-8(17)9-3-2-4-10(7-9)15-13-14-6-5-11(16-13)12(18)19/h2-7H,1H3,(H,18,19)(H,14,15,16). The van der Waals surface area contributed by atoms with E-state index in [1.54, 1.807) is 24.3 Å². The lowest BCUT2D eigenvalue weighted by molar-refractivity contribution is 0.0690. The number of carbonyl (C=O) groups excluding carboxylic acids is 1. The van der Waals surface area contributed by atoms with Crippen molar-refractivity contribution in [3.63, 3.8) is 0 Å². The summed E-state index contributed by atoms with van der Waals surface area (Å²) in [5.41, 5.74) is 1.08. The van der Waals surface area contributed by atoms with E-state index < -0.39 is 5.97 Å². The molecule has 1 heterocycles. The second kappa shape index (κ2) is 5.26. The molecule has 0 radical (unpaired) electrons. The third-order valence-corrected chi connectivity index (χ3v) is 2.40. The Labute approximate surface area is 109 Å². The first-order chi connectivity index (χ1) is 9.06. The van der Waals surface area contributed by atoms with Gasteiger partial charge in [-0.2, -0.15) is 0 Å². The molecule has 0 fully saturated rings. The Bertz CT molecular complexity index is 585. The topological polar surface area (TPSA) is 92.2 Å². The summed E-state index contributed by atoms with van der Waals surface area (Å²) in [6.07, 6.45) is 1.35. The van der Waals surface area contributed by atoms with Gasteiger partial charge in [0.2, 0.25) is 5.95 Å². The molecule has 0 saturated heterocycles. The number of carboxylic acids is 1. The molecule has 19 heavy (non-hydrogen) atoms. The van der Waals surface area contributed by atoms with Crippen LogP contribution in [-0.4, -0.2) is 26.8 Å². The predicted molar refractivity (Wildman–Crippen MR) is 68.7 cm³/mol. The quantitative estimate of drug-likeness (QED) is 0.815. The lowest BCUT2D eigenvalue weighted by atomic mass is 10.1. The zero-order valence-corrected chi connectivity index (χ0v) is 10.1. The maximum absolute atomic E-state index is 11.3. The highest BCUT2D eigenvalue weighted by molar-refractivity contribution is 5.95.